The molecule has 0 atom stereocenters. The van der Waals surface area contributed by atoms with Gasteiger partial charge in [-0.2, -0.15) is 0 Å². The molecule has 1 aromatic rings. The van der Waals surface area contributed by atoms with Crippen LogP contribution >= 0.6 is 11.6 Å². The van der Waals surface area contributed by atoms with Crippen LogP contribution in [0, 0.1) is 15.5 Å². The fourth-order valence-corrected chi connectivity index (χ4v) is 2.11. The van der Waals surface area contributed by atoms with Crippen molar-refractivity contribution in [1.29, 1.82) is 0 Å². The first-order chi connectivity index (χ1) is 9.76. The molecule has 1 rings (SSSR count). The van der Waals surface area contributed by atoms with E-state index in [4.69, 9.17) is 16.7 Å². The Morgan fingerprint density at radius 1 is 1.48 bits per heavy atom. The van der Waals surface area contributed by atoms with Gasteiger partial charge >= 0.3 is 0 Å². The van der Waals surface area contributed by atoms with Crippen molar-refractivity contribution in [2.45, 2.75) is 26.7 Å². The monoisotopic (exact) mass is 314 g/mol. The Bertz CT molecular complexity index is 532. The summed E-state index contributed by atoms with van der Waals surface area (Å²) in [6, 6.07) is 3.88. The van der Waals surface area contributed by atoms with E-state index in [2.05, 4.69) is 5.32 Å². The van der Waals surface area contributed by atoms with E-state index in [-0.39, 0.29) is 34.2 Å². The Morgan fingerprint density at radius 3 is 2.67 bits per heavy atom. The highest BCUT2D eigenvalue weighted by atomic mass is 35.5. The molecule has 7 heteroatoms. The number of aliphatic hydroxyl groups is 1. The maximum atomic E-state index is 12.0. The van der Waals surface area contributed by atoms with E-state index in [1.54, 1.807) is 0 Å². The van der Waals surface area contributed by atoms with E-state index in [1.807, 2.05) is 13.8 Å². The molecule has 1 amide bonds. The molecule has 0 fully saturated rings. The van der Waals surface area contributed by atoms with Crippen LogP contribution in [-0.4, -0.2) is 29.1 Å². The Labute approximate surface area is 128 Å². The predicted molar refractivity (Wildman–Crippen MR) is 80.5 cm³/mol. The van der Waals surface area contributed by atoms with E-state index < -0.39 is 4.92 Å². The fourth-order valence-electron chi connectivity index (χ4n) is 1.86. The number of nitrogens with zero attached hydrogens (tertiary/aromatic N) is 1. The number of nitro groups is 1. The highest BCUT2D eigenvalue weighted by Crippen LogP contribution is 2.25. The van der Waals surface area contributed by atoms with Crippen LogP contribution in [0.5, 0.6) is 0 Å². The first-order valence-corrected chi connectivity index (χ1v) is 6.97. The van der Waals surface area contributed by atoms with Crippen LogP contribution in [0.2, 0.25) is 5.02 Å². The second-order valence-electron chi connectivity index (χ2n) is 5.60. The number of nitrogens with one attached hydrogen (secondary N) is 1. The van der Waals surface area contributed by atoms with Crippen LogP contribution in [0.1, 0.15) is 37.0 Å². The smallest absolute Gasteiger partial charge is 0.287 e. The molecule has 116 valence electrons. The molecule has 1 aromatic carbocycles. The van der Waals surface area contributed by atoms with Gasteiger partial charge in [0.1, 0.15) is 5.02 Å². The minimum absolute atomic E-state index is 0.0628. The molecule has 0 spiro atoms. The molecule has 0 heterocycles. The van der Waals surface area contributed by atoms with Gasteiger partial charge in [-0.05, 0) is 30.4 Å². The standard InChI is InChI=1S/C14H19ClN2O4/c1-14(2,6-3-7-18)9-16-13(19)10-4-5-12(17(20)21)11(15)8-10/h4-5,8,18H,3,6-7,9H2,1-2H3,(H,16,19). The van der Waals surface area contributed by atoms with Gasteiger partial charge in [0.2, 0.25) is 0 Å². The molecule has 0 saturated heterocycles. The zero-order valence-electron chi connectivity index (χ0n) is 12.1. The van der Waals surface area contributed by atoms with Gasteiger partial charge in [-0.3, -0.25) is 14.9 Å². The molecule has 0 aromatic heterocycles. The topological polar surface area (TPSA) is 92.5 Å². The first kappa shape index (κ1) is 17.4. The summed E-state index contributed by atoms with van der Waals surface area (Å²) in [5.41, 5.74) is -0.0803. The van der Waals surface area contributed by atoms with Crippen molar-refractivity contribution in [2.75, 3.05) is 13.2 Å². The number of nitro benzene ring substituents is 1. The molecule has 21 heavy (non-hydrogen) atoms. The van der Waals surface area contributed by atoms with Crippen molar-refractivity contribution in [2.24, 2.45) is 5.41 Å². The van der Waals surface area contributed by atoms with Crippen molar-refractivity contribution in [3.05, 3.63) is 38.9 Å². The summed E-state index contributed by atoms with van der Waals surface area (Å²) >= 11 is 5.78. The fraction of sp³-hybridized carbons (Fsp3) is 0.500. The van der Waals surface area contributed by atoms with Gasteiger partial charge in [0.05, 0.1) is 4.92 Å². The first-order valence-electron chi connectivity index (χ1n) is 6.60. The number of benzene rings is 1. The molecular formula is C14H19ClN2O4. The predicted octanol–water partition coefficient (Wildman–Crippen LogP) is 2.78. The number of hydrogen-bond acceptors (Lipinski definition) is 4. The number of aliphatic hydroxyl groups excluding tert-OH is 1. The van der Waals surface area contributed by atoms with E-state index in [1.165, 1.54) is 18.2 Å². The van der Waals surface area contributed by atoms with Crippen LogP contribution in [0.4, 0.5) is 5.69 Å². The van der Waals surface area contributed by atoms with Gasteiger partial charge in [0.15, 0.2) is 0 Å². The van der Waals surface area contributed by atoms with Crippen molar-refractivity contribution in [1.82, 2.24) is 5.32 Å². The summed E-state index contributed by atoms with van der Waals surface area (Å²) in [7, 11) is 0. The minimum Gasteiger partial charge on any atom is -0.396 e. The number of rotatable bonds is 7. The van der Waals surface area contributed by atoms with Crippen molar-refractivity contribution in [3.8, 4) is 0 Å². The van der Waals surface area contributed by atoms with Crippen LogP contribution < -0.4 is 5.32 Å². The molecule has 6 nitrogen and oxygen atoms in total. The molecule has 0 bridgehead atoms. The number of halogens is 1. The third-order valence-electron chi connectivity index (χ3n) is 3.15. The molecule has 0 saturated carbocycles. The molecular weight excluding hydrogens is 296 g/mol. The van der Waals surface area contributed by atoms with Crippen molar-refractivity contribution < 1.29 is 14.8 Å². The summed E-state index contributed by atoms with van der Waals surface area (Å²) < 4.78 is 0. The lowest BCUT2D eigenvalue weighted by molar-refractivity contribution is -0.384. The van der Waals surface area contributed by atoms with Crippen LogP contribution in [-0.2, 0) is 0 Å². The van der Waals surface area contributed by atoms with Gasteiger partial charge in [-0.25, -0.2) is 0 Å². The molecule has 0 unspecified atom stereocenters. The minimum atomic E-state index is -0.595. The molecule has 0 radical (unpaired) electrons. The number of amides is 1. The average Bonchev–Trinajstić information content (AvgIpc) is 2.42. The van der Waals surface area contributed by atoms with Crippen LogP contribution in [0.3, 0.4) is 0 Å². The van der Waals surface area contributed by atoms with E-state index in [0.29, 0.717) is 13.0 Å². The Hall–Kier alpha value is -1.66. The molecule has 0 aliphatic heterocycles. The van der Waals surface area contributed by atoms with E-state index in [9.17, 15) is 14.9 Å². The second-order valence-corrected chi connectivity index (χ2v) is 6.00. The normalized spacial score (nSPS) is 11.2. The van der Waals surface area contributed by atoms with E-state index in [0.717, 1.165) is 6.42 Å². The second kappa shape index (κ2) is 7.38. The lowest BCUT2D eigenvalue weighted by atomic mass is 9.88. The number of carbonyl (C=O) groups excluding carboxylic acids is 1. The summed E-state index contributed by atoms with van der Waals surface area (Å²) in [5.74, 6) is -0.330. The largest absolute Gasteiger partial charge is 0.396 e. The highest BCUT2D eigenvalue weighted by Gasteiger charge is 2.20. The van der Waals surface area contributed by atoms with Gasteiger partial charge in [0.25, 0.3) is 11.6 Å². The quantitative estimate of drug-likeness (QED) is 0.598. The van der Waals surface area contributed by atoms with E-state index >= 15 is 0 Å². The summed E-state index contributed by atoms with van der Waals surface area (Å²) in [6.45, 7) is 4.55. The Kier molecular flexibility index (Phi) is 6.11. The Balaban J connectivity index is 2.68. The van der Waals surface area contributed by atoms with Crippen LogP contribution in [0.15, 0.2) is 18.2 Å². The summed E-state index contributed by atoms with van der Waals surface area (Å²) in [4.78, 5) is 22.1. The zero-order valence-corrected chi connectivity index (χ0v) is 12.8. The SMILES string of the molecule is CC(C)(CCCO)CNC(=O)c1ccc([N+](=O)[O-])c(Cl)c1. The van der Waals surface area contributed by atoms with Crippen molar-refractivity contribution in [3.63, 3.8) is 0 Å². The average molecular weight is 315 g/mol. The number of carbonyl (C=O) groups is 1. The summed E-state index contributed by atoms with van der Waals surface area (Å²) in [5, 5.41) is 22.2. The van der Waals surface area contributed by atoms with Crippen molar-refractivity contribution >= 4 is 23.2 Å². The molecule has 0 aliphatic carbocycles. The van der Waals surface area contributed by atoms with Gasteiger partial charge in [-0.1, -0.05) is 25.4 Å². The molecule has 0 aliphatic rings. The van der Waals surface area contributed by atoms with Gasteiger partial charge < -0.3 is 10.4 Å². The zero-order chi connectivity index (χ0) is 16.0. The lowest BCUT2D eigenvalue weighted by Crippen LogP contribution is -2.34. The third-order valence-corrected chi connectivity index (χ3v) is 3.45. The lowest BCUT2D eigenvalue weighted by Gasteiger charge is -2.24. The van der Waals surface area contributed by atoms with Gasteiger partial charge in [0, 0.05) is 24.8 Å². The Morgan fingerprint density at radius 2 is 2.14 bits per heavy atom. The number of hydrogen-bond donors (Lipinski definition) is 2. The third kappa shape index (κ3) is 5.32. The maximum Gasteiger partial charge on any atom is 0.287 e. The van der Waals surface area contributed by atoms with Crippen LogP contribution in [0.25, 0.3) is 0 Å². The highest BCUT2D eigenvalue weighted by molar-refractivity contribution is 6.33. The van der Waals surface area contributed by atoms with Gasteiger partial charge in [-0.15, -0.1) is 0 Å². The summed E-state index contributed by atoms with van der Waals surface area (Å²) in [6.07, 6.45) is 1.46. The maximum absolute atomic E-state index is 12.0. The molecule has 2 N–H and O–H groups in total.